The van der Waals surface area contributed by atoms with Gasteiger partial charge in [-0.2, -0.15) is 0 Å². The minimum absolute atomic E-state index is 0.0177. The van der Waals surface area contributed by atoms with Crippen LogP contribution in [0.1, 0.15) is 60.4 Å². The lowest BCUT2D eigenvalue weighted by Crippen LogP contribution is -2.39. The average Bonchev–Trinajstić information content (AvgIpc) is 3.23. The van der Waals surface area contributed by atoms with Crippen LogP contribution in [0.25, 0.3) is 11.0 Å². The maximum atomic E-state index is 13.5. The first-order valence-corrected chi connectivity index (χ1v) is 13.5. The maximum Gasteiger partial charge on any atom is 0.251 e. The van der Waals surface area contributed by atoms with Crippen molar-refractivity contribution < 1.29 is 9.59 Å². The molecule has 4 aromatic rings. The molecule has 0 radical (unpaired) electrons. The predicted molar refractivity (Wildman–Crippen MR) is 155 cm³/mol. The van der Waals surface area contributed by atoms with Gasteiger partial charge in [0.1, 0.15) is 12.4 Å². The van der Waals surface area contributed by atoms with E-state index < -0.39 is 0 Å². The molecule has 0 atom stereocenters. The van der Waals surface area contributed by atoms with E-state index in [-0.39, 0.29) is 24.4 Å². The van der Waals surface area contributed by atoms with Crippen LogP contribution < -0.4 is 10.2 Å². The maximum absolute atomic E-state index is 13.5. The van der Waals surface area contributed by atoms with Gasteiger partial charge in [-0.25, -0.2) is 4.98 Å². The van der Waals surface area contributed by atoms with Crippen LogP contribution in [0.4, 0.5) is 5.69 Å². The summed E-state index contributed by atoms with van der Waals surface area (Å²) in [5, 5.41) is 3.05. The van der Waals surface area contributed by atoms with E-state index in [1.807, 2.05) is 105 Å². The van der Waals surface area contributed by atoms with Gasteiger partial charge in [0.05, 0.1) is 11.0 Å². The number of aryl methyl sites for hydroxylation is 3. The minimum Gasteiger partial charge on any atom is -0.352 e. The number of nitrogens with zero attached hydrogens (tertiary/aromatic N) is 3. The second-order valence-corrected chi connectivity index (χ2v) is 10.2. The Labute approximate surface area is 225 Å². The fraction of sp³-hybridized carbons (Fsp3) is 0.344. The second kappa shape index (κ2) is 12.5. The molecule has 2 amide bonds. The molecule has 3 aromatic carbocycles. The molecule has 0 saturated heterocycles. The van der Waals surface area contributed by atoms with E-state index in [9.17, 15) is 9.59 Å². The van der Waals surface area contributed by atoms with Gasteiger partial charge >= 0.3 is 0 Å². The number of amides is 2. The first-order chi connectivity index (χ1) is 18.3. The summed E-state index contributed by atoms with van der Waals surface area (Å²) >= 11 is 0. The number of fused-ring (bicyclic) bond motifs is 1. The Balaban J connectivity index is 1.37. The summed E-state index contributed by atoms with van der Waals surface area (Å²) in [5.74, 6) is 0.955. The van der Waals surface area contributed by atoms with E-state index in [0.29, 0.717) is 6.54 Å². The first-order valence-electron chi connectivity index (χ1n) is 13.5. The highest BCUT2D eigenvalue weighted by molar-refractivity contribution is 5.96. The van der Waals surface area contributed by atoms with Crippen molar-refractivity contribution in [2.45, 2.75) is 66.0 Å². The Morgan fingerprint density at radius 3 is 2.39 bits per heavy atom. The topological polar surface area (TPSA) is 67.2 Å². The van der Waals surface area contributed by atoms with Gasteiger partial charge in [0.15, 0.2) is 0 Å². The van der Waals surface area contributed by atoms with Crippen molar-refractivity contribution in [3.8, 4) is 0 Å². The molecule has 38 heavy (non-hydrogen) atoms. The zero-order valence-electron chi connectivity index (χ0n) is 22.9. The molecule has 0 aliphatic heterocycles. The smallest absolute Gasteiger partial charge is 0.251 e. The number of hydrogen-bond acceptors (Lipinski definition) is 3. The first kappa shape index (κ1) is 27.1. The molecule has 6 nitrogen and oxygen atoms in total. The predicted octanol–water partition coefficient (Wildman–Crippen LogP) is 6.24. The highest BCUT2D eigenvalue weighted by atomic mass is 16.2. The molecule has 0 saturated carbocycles. The monoisotopic (exact) mass is 510 g/mol. The van der Waals surface area contributed by atoms with E-state index >= 15 is 0 Å². The van der Waals surface area contributed by atoms with Crippen LogP contribution in [-0.4, -0.2) is 34.0 Å². The Morgan fingerprint density at radius 1 is 0.921 bits per heavy atom. The summed E-state index contributed by atoms with van der Waals surface area (Å²) < 4.78 is 2.07. The highest BCUT2D eigenvalue weighted by Crippen LogP contribution is 2.21. The van der Waals surface area contributed by atoms with Crippen LogP contribution in [-0.2, 0) is 17.8 Å². The minimum atomic E-state index is -0.0177. The van der Waals surface area contributed by atoms with Crippen molar-refractivity contribution in [3.05, 3.63) is 95.3 Å². The molecule has 0 fully saturated rings. The molecule has 0 unspecified atom stereocenters. The van der Waals surface area contributed by atoms with Crippen molar-refractivity contribution in [1.82, 2.24) is 14.9 Å². The quantitative estimate of drug-likeness (QED) is 0.243. The largest absolute Gasteiger partial charge is 0.352 e. The summed E-state index contributed by atoms with van der Waals surface area (Å²) in [6.07, 6.45) is 3.57. The lowest BCUT2D eigenvalue weighted by Gasteiger charge is -2.27. The van der Waals surface area contributed by atoms with Crippen LogP contribution >= 0.6 is 0 Å². The number of rotatable bonds is 11. The van der Waals surface area contributed by atoms with Gasteiger partial charge in [0, 0.05) is 30.3 Å². The van der Waals surface area contributed by atoms with Crippen molar-refractivity contribution in [2.75, 3.05) is 11.4 Å². The number of aromatic nitrogens is 2. The van der Waals surface area contributed by atoms with E-state index in [1.54, 1.807) is 0 Å². The van der Waals surface area contributed by atoms with Crippen molar-refractivity contribution in [1.29, 1.82) is 0 Å². The lowest BCUT2D eigenvalue weighted by molar-refractivity contribution is -0.119. The van der Waals surface area contributed by atoms with Gasteiger partial charge in [-0.1, -0.05) is 54.4 Å². The number of para-hydroxylation sites is 3. The molecular weight excluding hydrogens is 472 g/mol. The van der Waals surface area contributed by atoms with Crippen molar-refractivity contribution >= 4 is 28.5 Å². The third kappa shape index (κ3) is 6.49. The SMILES string of the molecule is Cc1ccc(C(=O)NCCCCCc2nc3ccccc3n2CC(=O)N(c2ccccc2)C(C)C)c(C)c1. The fourth-order valence-electron chi connectivity index (χ4n) is 4.97. The average molecular weight is 511 g/mol. The van der Waals surface area contributed by atoms with E-state index in [4.69, 9.17) is 4.98 Å². The second-order valence-electron chi connectivity index (χ2n) is 10.2. The summed E-state index contributed by atoms with van der Waals surface area (Å²) in [7, 11) is 0. The summed E-state index contributed by atoms with van der Waals surface area (Å²) in [6.45, 7) is 8.96. The number of carbonyl (C=O) groups is 2. The van der Waals surface area contributed by atoms with Gasteiger partial charge in [-0.15, -0.1) is 0 Å². The zero-order valence-corrected chi connectivity index (χ0v) is 22.9. The summed E-state index contributed by atoms with van der Waals surface area (Å²) in [4.78, 5) is 32.8. The zero-order chi connectivity index (χ0) is 27.1. The normalized spacial score (nSPS) is 11.2. The van der Waals surface area contributed by atoms with E-state index in [2.05, 4.69) is 9.88 Å². The number of nitrogens with one attached hydrogen (secondary N) is 1. The Bertz CT molecular complexity index is 1390. The third-order valence-corrected chi connectivity index (χ3v) is 6.84. The Kier molecular flexibility index (Phi) is 8.95. The molecule has 1 aromatic heterocycles. The summed E-state index contributed by atoms with van der Waals surface area (Å²) in [6, 6.07) is 23.8. The number of anilines is 1. The van der Waals surface area contributed by atoms with Crippen LogP contribution in [0.5, 0.6) is 0 Å². The highest BCUT2D eigenvalue weighted by Gasteiger charge is 2.21. The van der Waals surface area contributed by atoms with Crippen LogP contribution in [0.15, 0.2) is 72.8 Å². The van der Waals surface area contributed by atoms with Gasteiger partial charge in [0.25, 0.3) is 5.91 Å². The van der Waals surface area contributed by atoms with E-state index in [0.717, 1.165) is 64.9 Å². The molecule has 198 valence electrons. The van der Waals surface area contributed by atoms with Gasteiger partial charge in [-0.3, -0.25) is 9.59 Å². The molecular formula is C32H38N4O2. The van der Waals surface area contributed by atoms with Crippen LogP contribution in [0, 0.1) is 13.8 Å². The van der Waals surface area contributed by atoms with E-state index in [1.165, 1.54) is 0 Å². The molecule has 0 aliphatic rings. The van der Waals surface area contributed by atoms with Crippen LogP contribution in [0.2, 0.25) is 0 Å². The Hall–Kier alpha value is -3.93. The summed E-state index contributed by atoms with van der Waals surface area (Å²) in [5.41, 5.74) is 5.68. The van der Waals surface area contributed by atoms with Gasteiger partial charge in [0.2, 0.25) is 5.91 Å². The molecule has 1 N–H and O–H groups in total. The number of carbonyl (C=O) groups excluding carboxylic acids is 2. The molecule has 1 heterocycles. The molecule has 4 rings (SSSR count). The van der Waals surface area contributed by atoms with Gasteiger partial charge in [-0.05, 0) is 76.4 Å². The number of hydrogen-bond donors (Lipinski definition) is 1. The molecule has 6 heteroatoms. The fourth-order valence-corrected chi connectivity index (χ4v) is 4.97. The third-order valence-electron chi connectivity index (χ3n) is 6.84. The standard InChI is InChI=1S/C32H38N4O2/c1-23(2)36(26-13-7-5-8-14-26)31(37)22-35-29-16-11-10-15-28(29)34-30(35)17-9-6-12-20-33-32(38)27-19-18-24(3)21-25(27)4/h5,7-8,10-11,13-16,18-19,21,23H,6,9,12,17,20,22H2,1-4H3,(H,33,38). The van der Waals surface area contributed by atoms with Crippen molar-refractivity contribution in [3.63, 3.8) is 0 Å². The Morgan fingerprint density at radius 2 is 1.66 bits per heavy atom. The van der Waals surface area contributed by atoms with Gasteiger partial charge < -0.3 is 14.8 Å². The lowest BCUT2D eigenvalue weighted by atomic mass is 10.1. The number of benzene rings is 3. The van der Waals surface area contributed by atoms with Crippen LogP contribution in [0.3, 0.4) is 0 Å². The molecule has 0 spiro atoms. The van der Waals surface area contributed by atoms with Crippen molar-refractivity contribution in [2.24, 2.45) is 0 Å². The number of unbranched alkanes of at least 4 members (excludes halogenated alkanes) is 2. The molecule has 0 bridgehead atoms. The number of imidazole rings is 1. The molecule has 0 aliphatic carbocycles.